The van der Waals surface area contributed by atoms with Crippen LogP contribution < -0.4 is 15.4 Å². The number of terminal acetylenes is 1. The van der Waals surface area contributed by atoms with E-state index in [1.807, 2.05) is 43.3 Å². The van der Waals surface area contributed by atoms with Crippen molar-refractivity contribution >= 4 is 53.9 Å². The monoisotopic (exact) mass is 531 g/mol. The van der Waals surface area contributed by atoms with Crippen LogP contribution >= 0.6 is 11.3 Å². The van der Waals surface area contributed by atoms with Crippen LogP contribution in [-0.2, 0) is 10.0 Å². The van der Waals surface area contributed by atoms with E-state index >= 15 is 0 Å². The van der Waals surface area contributed by atoms with Crippen molar-refractivity contribution in [2.75, 3.05) is 37.8 Å². The van der Waals surface area contributed by atoms with Crippen LogP contribution in [0.1, 0.15) is 17.5 Å². The molecule has 37 heavy (non-hydrogen) atoms. The molecule has 0 aliphatic heterocycles. The number of thiazole rings is 1. The molecule has 0 saturated heterocycles. The summed E-state index contributed by atoms with van der Waals surface area (Å²) in [6, 6.07) is 16.0. The minimum atomic E-state index is -3.59. The molecule has 2 aromatic carbocycles. The zero-order valence-electron chi connectivity index (χ0n) is 20.3. The smallest absolute Gasteiger partial charge is 0.240 e. The molecule has 0 fully saturated rings. The minimum Gasteiger partial charge on any atom is -0.353 e. The van der Waals surface area contributed by atoms with Crippen molar-refractivity contribution < 1.29 is 8.42 Å². The highest BCUT2D eigenvalue weighted by atomic mass is 32.2. The fraction of sp³-hybridized carbons (Fsp3) is 0.192. The van der Waals surface area contributed by atoms with E-state index in [1.165, 1.54) is 17.5 Å². The lowest BCUT2D eigenvalue weighted by Gasteiger charge is -2.11. The third-order valence-corrected chi connectivity index (χ3v) is 7.79. The quantitative estimate of drug-likeness (QED) is 0.205. The van der Waals surface area contributed by atoms with E-state index in [0.29, 0.717) is 39.0 Å². The third-order valence-electron chi connectivity index (χ3n) is 5.33. The van der Waals surface area contributed by atoms with Crippen molar-refractivity contribution in [2.45, 2.75) is 11.3 Å². The second kappa shape index (κ2) is 11.4. The number of benzene rings is 2. The van der Waals surface area contributed by atoms with Gasteiger partial charge in [0.25, 0.3) is 0 Å². The number of nitrogens with one attached hydrogen (secondary N) is 3. The number of anilines is 4. The van der Waals surface area contributed by atoms with Gasteiger partial charge >= 0.3 is 0 Å². The maximum absolute atomic E-state index is 12.5. The van der Waals surface area contributed by atoms with Gasteiger partial charge in [0.05, 0.1) is 16.1 Å². The van der Waals surface area contributed by atoms with Gasteiger partial charge in [-0.25, -0.2) is 18.1 Å². The Hall–Kier alpha value is -4.00. The van der Waals surface area contributed by atoms with Gasteiger partial charge in [0.15, 0.2) is 10.8 Å². The van der Waals surface area contributed by atoms with Crippen LogP contribution in [0.2, 0.25) is 0 Å². The number of nitrogens with zero attached hydrogens (tertiary/aromatic N) is 4. The summed E-state index contributed by atoms with van der Waals surface area (Å²) >= 11 is 1.33. The molecule has 11 heteroatoms. The number of rotatable bonds is 10. The maximum atomic E-state index is 12.5. The molecule has 188 valence electrons. The van der Waals surface area contributed by atoms with Crippen LogP contribution in [0.15, 0.2) is 59.6 Å². The first-order valence-corrected chi connectivity index (χ1v) is 13.6. The Kier molecular flexibility index (Phi) is 8.01. The van der Waals surface area contributed by atoms with Crippen LogP contribution in [0.25, 0.3) is 10.3 Å². The number of hydrogen-bond acceptors (Lipinski definition) is 9. The number of sulfonamides is 1. The van der Waals surface area contributed by atoms with Gasteiger partial charge in [0.1, 0.15) is 10.8 Å². The zero-order valence-corrected chi connectivity index (χ0v) is 21.9. The summed E-state index contributed by atoms with van der Waals surface area (Å²) < 4.78 is 28.4. The van der Waals surface area contributed by atoms with E-state index in [-0.39, 0.29) is 4.90 Å². The van der Waals surface area contributed by atoms with Crippen LogP contribution in [0.5, 0.6) is 0 Å². The first-order chi connectivity index (χ1) is 17.8. The van der Waals surface area contributed by atoms with Gasteiger partial charge in [-0.3, -0.25) is 0 Å². The predicted molar refractivity (Wildman–Crippen MR) is 148 cm³/mol. The SMILES string of the molecule is C#Cc1cccc(Nc2c(C#N)cnc3nc(Nc4ccc(S(=O)(=O)NCCCN(C)C)cc4)sc23)c1. The Bertz CT molecular complexity index is 1600. The predicted octanol–water partition coefficient (Wildman–Crippen LogP) is 4.26. The molecular weight excluding hydrogens is 506 g/mol. The van der Waals surface area contributed by atoms with Crippen LogP contribution in [-0.4, -0.2) is 50.5 Å². The largest absolute Gasteiger partial charge is 0.353 e. The average Bonchev–Trinajstić information content (AvgIpc) is 3.30. The Morgan fingerprint density at radius 1 is 1.11 bits per heavy atom. The summed E-state index contributed by atoms with van der Waals surface area (Å²) in [5.74, 6) is 2.60. The molecule has 0 radical (unpaired) electrons. The van der Waals surface area contributed by atoms with Crippen molar-refractivity contribution in [1.29, 1.82) is 5.26 Å². The van der Waals surface area contributed by atoms with Crippen molar-refractivity contribution in [3.8, 4) is 18.4 Å². The fourth-order valence-electron chi connectivity index (χ4n) is 3.49. The summed E-state index contributed by atoms with van der Waals surface area (Å²) in [7, 11) is 0.302. The van der Waals surface area contributed by atoms with Crippen molar-refractivity contribution in [3.63, 3.8) is 0 Å². The molecule has 3 N–H and O–H groups in total. The van der Waals surface area contributed by atoms with E-state index in [9.17, 15) is 13.7 Å². The highest BCUT2D eigenvalue weighted by Gasteiger charge is 2.16. The van der Waals surface area contributed by atoms with Gasteiger partial charge in [0.2, 0.25) is 10.0 Å². The van der Waals surface area contributed by atoms with E-state index in [4.69, 9.17) is 6.42 Å². The summed E-state index contributed by atoms with van der Waals surface area (Å²) in [4.78, 5) is 11.0. The summed E-state index contributed by atoms with van der Waals surface area (Å²) in [6.07, 6.45) is 7.71. The Morgan fingerprint density at radius 2 is 1.89 bits per heavy atom. The van der Waals surface area contributed by atoms with E-state index < -0.39 is 10.0 Å². The molecular formula is C26H25N7O2S2. The lowest BCUT2D eigenvalue weighted by Crippen LogP contribution is -2.27. The van der Waals surface area contributed by atoms with Gasteiger partial charge in [-0.05, 0) is 69.5 Å². The minimum absolute atomic E-state index is 0.188. The van der Waals surface area contributed by atoms with Gasteiger partial charge in [0, 0.05) is 29.7 Å². The van der Waals surface area contributed by atoms with E-state index in [0.717, 1.165) is 24.2 Å². The number of pyridine rings is 1. The lowest BCUT2D eigenvalue weighted by molar-refractivity contribution is 0.400. The second-order valence-corrected chi connectivity index (χ2v) is 11.2. The molecule has 0 amide bonds. The first-order valence-electron chi connectivity index (χ1n) is 11.3. The topological polar surface area (TPSA) is 123 Å². The van der Waals surface area contributed by atoms with Crippen molar-refractivity contribution in [2.24, 2.45) is 0 Å². The molecule has 9 nitrogen and oxygen atoms in total. The molecule has 0 saturated carbocycles. The number of aromatic nitrogens is 2. The molecule has 0 bridgehead atoms. The molecule has 2 heterocycles. The second-order valence-electron chi connectivity index (χ2n) is 8.38. The normalized spacial score (nSPS) is 11.3. The highest BCUT2D eigenvalue weighted by Crippen LogP contribution is 2.36. The summed E-state index contributed by atoms with van der Waals surface area (Å²) in [6.45, 7) is 1.17. The molecule has 0 unspecified atom stereocenters. The van der Waals surface area contributed by atoms with Gasteiger partial charge in [-0.15, -0.1) is 6.42 Å². The average molecular weight is 532 g/mol. The summed E-state index contributed by atoms with van der Waals surface area (Å²) in [5.41, 5.74) is 3.57. The summed E-state index contributed by atoms with van der Waals surface area (Å²) in [5, 5.41) is 16.7. The number of fused-ring (bicyclic) bond motifs is 1. The molecule has 0 spiro atoms. The van der Waals surface area contributed by atoms with Crippen molar-refractivity contribution in [1.82, 2.24) is 19.6 Å². The molecule has 0 aliphatic carbocycles. The number of hydrogen-bond donors (Lipinski definition) is 3. The third kappa shape index (κ3) is 6.42. The number of nitriles is 1. The fourth-order valence-corrected chi connectivity index (χ4v) is 5.52. The molecule has 4 rings (SSSR count). The van der Waals surface area contributed by atoms with Gasteiger partial charge < -0.3 is 15.5 Å². The van der Waals surface area contributed by atoms with Gasteiger partial charge in [-0.1, -0.05) is 23.3 Å². The van der Waals surface area contributed by atoms with E-state index in [2.05, 4.69) is 37.3 Å². The van der Waals surface area contributed by atoms with Crippen LogP contribution in [0.3, 0.4) is 0 Å². The molecule has 0 aliphatic rings. The Balaban J connectivity index is 1.53. The zero-order chi connectivity index (χ0) is 26.4. The van der Waals surface area contributed by atoms with Crippen LogP contribution in [0.4, 0.5) is 22.2 Å². The van der Waals surface area contributed by atoms with Gasteiger partial charge in [-0.2, -0.15) is 10.2 Å². The van der Waals surface area contributed by atoms with E-state index in [1.54, 1.807) is 24.3 Å². The molecule has 4 aromatic rings. The Morgan fingerprint density at radius 3 is 2.59 bits per heavy atom. The molecule has 2 aromatic heterocycles. The molecule has 0 atom stereocenters. The van der Waals surface area contributed by atoms with Crippen molar-refractivity contribution in [3.05, 3.63) is 65.9 Å². The van der Waals surface area contributed by atoms with Crippen LogP contribution in [0, 0.1) is 23.7 Å². The Labute approximate surface area is 220 Å². The standard InChI is InChI=1S/C26H25N7O2S2/c1-4-18-7-5-8-21(15-18)30-23-19(16-27)17-28-25-24(23)36-26(32-25)31-20-9-11-22(12-10-20)37(34,35)29-13-6-14-33(2)3/h1,5,7-12,15,17,29H,6,13-14H2,2-3H3,(H2,28,30,31,32). The lowest BCUT2D eigenvalue weighted by atomic mass is 10.2. The maximum Gasteiger partial charge on any atom is 0.240 e. The first kappa shape index (κ1) is 26.1. The highest BCUT2D eigenvalue weighted by molar-refractivity contribution is 7.89.